The van der Waals surface area contributed by atoms with Crippen LogP contribution >= 0.6 is 0 Å². The van der Waals surface area contributed by atoms with Gasteiger partial charge in [-0.3, -0.25) is 0 Å². The van der Waals surface area contributed by atoms with Gasteiger partial charge in [-0.15, -0.1) is 0 Å². The van der Waals surface area contributed by atoms with E-state index in [2.05, 4.69) is 98.6 Å². The first-order valence-corrected chi connectivity index (χ1v) is 11.8. The molecule has 0 unspecified atom stereocenters. The Bertz CT molecular complexity index is 1290. The van der Waals surface area contributed by atoms with Gasteiger partial charge in [0.2, 0.25) is 0 Å². The van der Waals surface area contributed by atoms with Gasteiger partial charge in [-0.05, 0) is 71.1 Å². The van der Waals surface area contributed by atoms with Crippen LogP contribution in [-0.4, -0.2) is 27.2 Å². The fraction of sp³-hybridized carbons (Fsp3) is 0.194. The van der Waals surface area contributed by atoms with Crippen LogP contribution in [0.4, 0.5) is 22.7 Å². The number of esters is 1. The molecule has 0 saturated carbocycles. The lowest BCUT2D eigenvalue weighted by Crippen LogP contribution is -2.15. The Morgan fingerprint density at radius 2 is 1.20 bits per heavy atom. The molecule has 4 nitrogen and oxygen atoms in total. The molecule has 4 aromatic rings. The summed E-state index contributed by atoms with van der Waals surface area (Å²) in [7, 11) is 5.43. The molecule has 0 aliphatic rings. The zero-order valence-corrected chi connectivity index (χ0v) is 21.0. The van der Waals surface area contributed by atoms with Crippen molar-refractivity contribution in [3.8, 4) is 11.1 Å². The fourth-order valence-corrected chi connectivity index (χ4v) is 4.36. The van der Waals surface area contributed by atoms with Crippen molar-refractivity contribution in [2.24, 2.45) is 0 Å². The maximum absolute atomic E-state index is 12.2. The molecule has 0 saturated heterocycles. The molecule has 0 spiro atoms. The quantitative estimate of drug-likeness (QED) is 0.261. The maximum Gasteiger partial charge on any atom is 0.339 e. The van der Waals surface area contributed by atoms with Gasteiger partial charge in [0.05, 0.1) is 18.4 Å². The number of hydrogen-bond donors (Lipinski definition) is 0. The molecule has 0 N–H and O–H groups in total. The molecule has 0 bridgehead atoms. The molecular formula is C31H32N2O2. The SMILES string of the molecule is COC(=O)c1ccccc1N(C)c1ccc(N(C)c2ccc(-c3ccccc3C(C)C)cc2)cc1. The number of ether oxygens (including phenoxy) is 1. The van der Waals surface area contributed by atoms with E-state index < -0.39 is 0 Å². The number of para-hydroxylation sites is 1. The average Bonchev–Trinajstić information content (AvgIpc) is 2.92. The number of carbonyl (C=O) groups is 1. The highest BCUT2D eigenvalue weighted by Crippen LogP contribution is 2.33. The second-order valence-corrected chi connectivity index (χ2v) is 8.93. The van der Waals surface area contributed by atoms with Crippen molar-refractivity contribution in [2.45, 2.75) is 19.8 Å². The first kappa shape index (κ1) is 24.1. The Balaban J connectivity index is 1.54. The van der Waals surface area contributed by atoms with Crippen molar-refractivity contribution in [3.63, 3.8) is 0 Å². The zero-order valence-electron chi connectivity index (χ0n) is 21.0. The van der Waals surface area contributed by atoms with E-state index in [0.29, 0.717) is 11.5 Å². The van der Waals surface area contributed by atoms with Gasteiger partial charge in [0.1, 0.15) is 0 Å². The van der Waals surface area contributed by atoms with Crippen molar-refractivity contribution in [2.75, 3.05) is 31.0 Å². The zero-order chi connectivity index (χ0) is 24.9. The minimum atomic E-state index is -0.344. The summed E-state index contributed by atoms with van der Waals surface area (Å²) >= 11 is 0. The van der Waals surface area contributed by atoms with Gasteiger partial charge in [-0.25, -0.2) is 4.79 Å². The number of benzene rings is 4. The summed E-state index contributed by atoms with van der Waals surface area (Å²) in [5.74, 6) is 0.132. The van der Waals surface area contributed by atoms with Gasteiger partial charge in [-0.1, -0.05) is 62.4 Å². The van der Waals surface area contributed by atoms with E-state index in [0.717, 1.165) is 22.7 Å². The Kier molecular flexibility index (Phi) is 7.21. The number of nitrogens with zero attached hydrogens (tertiary/aromatic N) is 2. The van der Waals surface area contributed by atoms with Crippen molar-refractivity contribution < 1.29 is 9.53 Å². The van der Waals surface area contributed by atoms with Crippen LogP contribution in [0.15, 0.2) is 97.1 Å². The molecule has 0 heterocycles. The Morgan fingerprint density at radius 1 is 0.686 bits per heavy atom. The van der Waals surface area contributed by atoms with Crippen LogP contribution in [0.1, 0.15) is 35.7 Å². The molecule has 0 radical (unpaired) electrons. The van der Waals surface area contributed by atoms with E-state index in [4.69, 9.17) is 4.74 Å². The summed E-state index contributed by atoms with van der Waals surface area (Å²) in [4.78, 5) is 16.3. The minimum Gasteiger partial charge on any atom is -0.465 e. The predicted molar refractivity (Wildman–Crippen MR) is 146 cm³/mol. The molecular weight excluding hydrogens is 432 g/mol. The number of carbonyl (C=O) groups excluding carboxylic acids is 1. The van der Waals surface area contributed by atoms with Crippen LogP contribution in [0.3, 0.4) is 0 Å². The standard InChI is InChI=1S/C31H32N2O2/c1-22(2)27-10-6-7-11-28(27)23-14-16-24(17-15-23)32(3)25-18-20-26(21-19-25)33(4)30-13-9-8-12-29(30)31(34)35-5/h6-22H,1-5H3. The van der Waals surface area contributed by atoms with Crippen LogP contribution in [0.5, 0.6) is 0 Å². The molecule has 35 heavy (non-hydrogen) atoms. The molecule has 0 amide bonds. The summed E-state index contributed by atoms with van der Waals surface area (Å²) in [6.07, 6.45) is 0. The van der Waals surface area contributed by atoms with Crippen molar-refractivity contribution in [3.05, 3.63) is 108 Å². The van der Waals surface area contributed by atoms with Gasteiger partial charge in [0.25, 0.3) is 0 Å². The van der Waals surface area contributed by atoms with Gasteiger partial charge in [0, 0.05) is 31.2 Å². The van der Waals surface area contributed by atoms with Crippen molar-refractivity contribution in [1.29, 1.82) is 0 Å². The normalized spacial score (nSPS) is 10.8. The van der Waals surface area contributed by atoms with Gasteiger partial charge >= 0.3 is 5.97 Å². The molecule has 0 aromatic heterocycles. The number of rotatable bonds is 7. The van der Waals surface area contributed by atoms with Gasteiger partial charge in [0.15, 0.2) is 0 Å². The Hall–Kier alpha value is -4.05. The lowest BCUT2D eigenvalue weighted by Gasteiger charge is -2.24. The summed E-state index contributed by atoms with van der Waals surface area (Å²) in [5.41, 5.74) is 8.41. The van der Waals surface area contributed by atoms with Gasteiger partial charge < -0.3 is 14.5 Å². The highest BCUT2D eigenvalue weighted by atomic mass is 16.5. The monoisotopic (exact) mass is 464 g/mol. The third-order valence-corrected chi connectivity index (χ3v) is 6.44. The number of methoxy groups -OCH3 is 1. The van der Waals surface area contributed by atoms with Crippen molar-refractivity contribution in [1.82, 2.24) is 0 Å². The summed E-state index contributed by atoms with van der Waals surface area (Å²) in [6.45, 7) is 4.46. The van der Waals surface area contributed by atoms with E-state index in [1.54, 1.807) is 6.07 Å². The summed E-state index contributed by atoms with van der Waals surface area (Å²) < 4.78 is 4.94. The lowest BCUT2D eigenvalue weighted by atomic mass is 9.92. The smallest absolute Gasteiger partial charge is 0.339 e. The van der Waals surface area contributed by atoms with Crippen LogP contribution in [0.2, 0.25) is 0 Å². The molecule has 0 aliphatic carbocycles. The second kappa shape index (κ2) is 10.5. The third-order valence-electron chi connectivity index (χ3n) is 6.44. The molecule has 0 fully saturated rings. The highest BCUT2D eigenvalue weighted by Gasteiger charge is 2.16. The molecule has 178 valence electrons. The minimum absolute atomic E-state index is 0.344. The summed E-state index contributed by atoms with van der Waals surface area (Å²) in [5, 5.41) is 0. The fourth-order valence-electron chi connectivity index (χ4n) is 4.36. The number of hydrogen-bond acceptors (Lipinski definition) is 4. The van der Waals surface area contributed by atoms with E-state index in [1.165, 1.54) is 23.8 Å². The predicted octanol–water partition coefficient (Wildman–Crippen LogP) is 7.80. The first-order chi connectivity index (χ1) is 16.9. The van der Waals surface area contributed by atoms with E-state index in [1.807, 2.05) is 30.1 Å². The summed E-state index contributed by atoms with van der Waals surface area (Å²) in [6, 6.07) is 33.1. The van der Waals surface area contributed by atoms with E-state index in [9.17, 15) is 4.79 Å². The molecule has 4 rings (SSSR count). The van der Waals surface area contributed by atoms with Crippen LogP contribution in [0, 0.1) is 0 Å². The molecule has 4 heteroatoms. The van der Waals surface area contributed by atoms with Crippen LogP contribution in [-0.2, 0) is 4.74 Å². The maximum atomic E-state index is 12.2. The lowest BCUT2D eigenvalue weighted by molar-refractivity contribution is 0.0601. The molecule has 0 aliphatic heterocycles. The number of anilines is 4. The van der Waals surface area contributed by atoms with Crippen LogP contribution < -0.4 is 9.80 Å². The van der Waals surface area contributed by atoms with Crippen molar-refractivity contribution >= 4 is 28.7 Å². The highest BCUT2D eigenvalue weighted by molar-refractivity contribution is 5.96. The Morgan fingerprint density at radius 3 is 1.80 bits per heavy atom. The van der Waals surface area contributed by atoms with E-state index in [-0.39, 0.29) is 5.97 Å². The second-order valence-electron chi connectivity index (χ2n) is 8.93. The largest absolute Gasteiger partial charge is 0.465 e. The van der Waals surface area contributed by atoms with E-state index >= 15 is 0 Å². The van der Waals surface area contributed by atoms with Crippen LogP contribution in [0.25, 0.3) is 11.1 Å². The molecule has 4 aromatic carbocycles. The Labute approximate surface area is 208 Å². The third kappa shape index (κ3) is 5.07. The topological polar surface area (TPSA) is 32.8 Å². The molecule has 0 atom stereocenters. The first-order valence-electron chi connectivity index (χ1n) is 11.8. The van der Waals surface area contributed by atoms with Gasteiger partial charge in [-0.2, -0.15) is 0 Å². The average molecular weight is 465 g/mol.